The summed E-state index contributed by atoms with van der Waals surface area (Å²) in [6, 6.07) is 0. The van der Waals surface area contributed by atoms with Crippen LogP contribution in [0.4, 0.5) is 0 Å². The van der Waals surface area contributed by atoms with Crippen LogP contribution in [0.15, 0.2) is 15.6 Å². The Bertz CT molecular complexity index is 560. The summed E-state index contributed by atoms with van der Waals surface area (Å²) in [5.41, 5.74) is -0.0298. The third-order valence-electron chi connectivity index (χ3n) is 4.36. The number of ether oxygens (including phenoxy) is 1. The molecule has 0 unspecified atom stereocenters. The van der Waals surface area contributed by atoms with E-state index in [0.29, 0.717) is 12.4 Å². The highest BCUT2D eigenvalue weighted by atomic mass is 127. The van der Waals surface area contributed by atoms with E-state index in [4.69, 9.17) is 9.15 Å². The average molecular weight is 496 g/mol. The molecule has 1 aromatic rings. The van der Waals surface area contributed by atoms with Crippen LogP contribution in [0, 0.1) is 0 Å². The normalized spacial score (nSPS) is 17.5. The quantitative estimate of drug-likeness (QED) is 0.357. The molecule has 1 aliphatic rings. The summed E-state index contributed by atoms with van der Waals surface area (Å²) in [5, 5.41) is 6.76. The van der Waals surface area contributed by atoms with E-state index in [1.165, 1.54) is 0 Å². The number of halogens is 1. The molecule has 0 atom stereocenters. The molecule has 6 nitrogen and oxygen atoms in total. The molecule has 0 saturated carbocycles. The number of hydrogen-bond acceptors (Lipinski definition) is 5. The van der Waals surface area contributed by atoms with E-state index in [1.807, 2.05) is 18.0 Å². The zero-order chi connectivity index (χ0) is 18.3. The van der Waals surface area contributed by atoms with Gasteiger partial charge in [0.05, 0.1) is 12.7 Å². The molecule has 0 amide bonds. The molecule has 150 valence electrons. The van der Waals surface area contributed by atoms with Crippen LogP contribution >= 0.6 is 35.7 Å². The molecule has 0 radical (unpaired) electrons. The van der Waals surface area contributed by atoms with E-state index in [0.717, 1.165) is 50.1 Å². The molecule has 1 fully saturated rings. The van der Waals surface area contributed by atoms with Gasteiger partial charge >= 0.3 is 0 Å². The second-order valence-corrected chi connectivity index (χ2v) is 9.11. The van der Waals surface area contributed by atoms with Crippen LogP contribution in [0.2, 0.25) is 0 Å². The van der Waals surface area contributed by atoms with Gasteiger partial charge in [0.15, 0.2) is 5.96 Å². The molecule has 2 N–H and O–H groups in total. The first-order valence-electron chi connectivity index (χ1n) is 9.00. The number of thioether (sulfide) groups is 1. The monoisotopic (exact) mass is 496 g/mol. The van der Waals surface area contributed by atoms with Gasteiger partial charge in [-0.25, -0.2) is 4.98 Å². The molecule has 1 aromatic heterocycles. The first-order valence-corrected chi connectivity index (χ1v) is 9.98. The lowest BCUT2D eigenvalue weighted by Gasteiger charge is -2.37. The van der Waals surface area contributed by atoms with Crippen LogP contribution in [0.3, 0.4) is 0 Å². The second-order valence-electron chi connectivity index (χ2n) is 7.38. The third-order valence-corrected chi connectivity index (χ3v) is 5.81. The number of nitrogens with zero attached hydrogens (tertiary/aromatic N) is 2. The van der Waals surface area contributed by atoms with Crippen LogP contribution in [-0.4, -0.2) is 48.2 Å². The Morgan fingerprint density at radius 1 is 1.31 bits per heavy atom. The summed E-state index contributed by atoms with van der Waals surface area (Å²) < 4.78 is 11.6. The SMILES string of the molecule is CCSC1(CNC(=NC)NCc2ncc(C(C)(C)C)o2)CCOCC1.I. The minimum atomic E-state index is -0.0298. The van der Waals surface area contributed by atoms with Crippen molar-refractivity contribution < 1.29 is 9.15 Å². The Morgan fingerprint density at radius 2 is 2.00 bits per heavy atom. The third kappa shape index (κ3) is 6.92. The van der Waals surface area contributed by atoms with Crippen LogP contribution in [0.1, 0.15) is 52.2 Å². The number of oxazole rings is 1. The molecule has 0 spiro atoms. The van der Waals surface area contributed by atoms with E-state index in [9.17, 15) is 0 Å². The van der Waals surface area contributed by atoms with Crippen molar-refractivity contribution in [2.75, 3.05) is 32.6 Å². The van der Waals surface area contributed by atoms with Gasteiger partial charge in [0.2, 0.25) is 5.89 Å². The lowest BCUT2D eigenvalue weighted by atomic mass is 9.94. The van der Waals surface area contributed by atoms with Crippen LogP contribution in [0.25, 0.3) is 0 Å². The highest BCUT2D eigenvalue weighted by Crippen LogP contribution is 2.34. The number of aromatic nitrogens is 1. The molecular weight excluding hydrogens is 463 g/mol. The van der Waals surface area contributed by atoms with E-state index in [2.05, 4.69) is 48.3 Å². The number of nitrogens with one attached hydrogen (secondary N) is 2. The van der Waals surface area contributed by atoms with E-state index >= 15 is 0 Å². The summed E-state index contributed by atoms with van der Waals surface area (Å²) in [6.07, 6.45) is 3.95. The molecule has 8 heteroatoms. The molecule has 2 rings (SSSR count). The topological polar surface area (TPSA) is 71.7 Å². The molecule has 0 aliphatic carbocycles. The van der Waals surface area contributed by atoms with E-state index < -0.39 is 0 Å². The van der Waals surface area contributed by atoms with Gasteiger partial charge in [-0.1, -0.05) is 27.7 Å². The Balaban J connectivity index is 0.00000338. The van der Waals surface area contributed by atoms with Gasteiger partial charge in [-0.05, 0) is 18.6 Å². The zero-order valence-corrected chi connectivity index (χ0v) is 19.7. The smallest absolute Gasteiger partial charge is 0.213 e. The first-order chi connectivity index (χ1) is 11.9. The van der Waals surface area contributed by atoms with Gasteiger partial charge in [0.25, 0.3) is 0 Å². The molecule has 1 aliphatic heterocycles. The van der Waals surface area contributed by atoms with Gasteiger partial charge in [0, 0.05) is 37.0 Å². The lowest BCUT2D eigenvalue weighted by molar-refractivity contribution is 0.0782. The fraction of sp³-hybridized carbons (Fsp3) is 0.778. The highest BCUT2D eigenvalue weighted by Gasteiger charge is 2.32. The number of hydrogen-bond donors (Lipinski definition) is 2. The maximum absolute atomic E-state index is 5.82. The average Bonchev–Trinajstić information content (AvgIpc) is 3.05. The highest BCUT2D eigenvalue weighted by molar-refractivity contribution is 14.0. The number of rotatable bonds is 6. The Kier molecular flexibility index (Phi) is 9.74. The maximum Gasteiger partial charge on any atom is 0.213 e. The second kappa shape index (κ2) is 10.8. The summed E-state index contributed by atoms with van der Waals surface area (Å²) in [5.74, 6) is 3.46. The van der Waals surface area contributed by atoms with Crippen LogP contribution < -0.4 is 10.6 Å². The fourth-order valence-electron chi connectivity index (χ4n) is 2.79. The minimum Gasteiger partial charge on any atom is -0.443 e. The Hall–Kier alpha value is -0.480. The summed E-state index contributed by atoms with van der Waals surface area (Å²) in [4.78, 5) is 8.67. The van der Waals surface area contributed by atoms with Gasteiger partial charge in [-0.2, -0.15) is 11.8 Å². The molecule has 0 bridgehead atoms. The van der Waals surface area contributed by atoms with Crippen molar-refractivity contribution in [3.8, 4) is 0 Å². The predicted molar refractivity (Wildman–Crippen MR) is 120 cm³/mol. The molecule has 0 aromatic carbocycles. The van der Waals surface area contributed by atoms with Crippen molar-refractivity contribution in [1.82, 2.24) is 15.6 Å². The van der Waals surface area contributed by atoms with Gasteiger partial charge in [0.1, 0.15) is 5.76 Å². The van der Waals surface area contributed by atoms with Gasteiger partial charge in [-0.3, -0.25) is 4.99 Å². The first kappa shape index (κ1) is 23.6. The maximum atomic E-state index is 5.82. The summed E-state index contributed by atoms with van der Waals surface area (Å²) in [6.45, 7) is 11.6. The van der Waals surface area contributed by atoms with Crippen molar-refractivity contribution in [1.29, 1.82) is 0 Å². The number of aliphatic imine (C=N–C) groups is 1. The van der Waals surface area contributed by atoms with Gasteiger partial charge in [-0.15, -0.1) is 24.0 Å². The fourth-order valence-corrected chi connectivity index (χ4v) is 4.03. The molecular formula is C18H33IN4O2S. The molecule has 2 heterocycles. The van der Waals surface area contributed by atoms with Crippen molar-refractivity contribution in [2.45, 2.75) is 57.2 Å². The lowest BCUT2D eigenvalue weighted by Crippen LogP contribution is -2.48. The zero-order valence-electron chi connectivity index (χ0n) is 16.6. The number of guanidine groups is 1. The summed E-state index contributed by atoms with van der Waals surface area (Å²) >= 11 is 2.02. The Morgan fingerprint density at radius 3 is 2.54 bits per heavy atom. The van der Waals surface area contributed by atoms with Crippen molar-refractivity contribution >= 4 is 41.7 Å². The minimum absolute atomic E-state index is 0. The molecule has 26 heavy (non-hydrogen) atoms. The van der Waals surface area contributed by atoms with Crippen LogP contribution in [-0.2, 0) is 16.7 Å². The molecule has 1 saturated heterocycles. The van der Waals surface area contributed by atoms with Crippen LogP contribution in [0.5, 0.6) is 0 Å². The summed E-state index contributed by atoms with van der Waals surface area (Å²) in [7, 11) is 1.79. The van der Waals surface area contributed by atoms with E-state index in [1.54, 1.807) is 7.05 Å². The predicted octanol–water partition coefficient (Wildman–Crippen LogP) is 3.56. The van der Waals surface area contributed by atoms with Crippen molar-refractivity contribution in [3.63, 3.8) is 0 Å². The standard InChI is InChI=1S/C18H32N4O2S.HI/c1-6-25-18(7-9-23-10-8-18)13-22-16(19-5)21-12-15-20-11-14(24-15)17(2,3)4;/h11H,6-10,12-13H2,1-5H3,(H2,19,21,22);1H. The largest absolute Gasteiger partial charge is 0.443 e. The van der Waals surface area contributed by atoms with E-state index in [-0.39, 0.29) is 34.1 Å². The van der Waals surface area contributed by atoms with Crippen molar-refractivity contribution in [2.24, 2.45) is 4.99 Å². The Labute approximate surface area is 178 Å². The van der Waals surface area contributed by atoms with Crippen molar-refractivity contribution in [3.05, 3.63) is 17.8 Å². The van der Waals surface area contributed by atoms with Gasteiger partial charge < -0.3 is 19.8 Å².